The maximum atomic E-state index is 10.5. The summed E-state index contributed by atoms with van der Waals surface area (Å²) in [5.41, 5.74) is 2.17. The molecule has 2 saturated carbocycles. The largest absolute Gasteiger partial charge is 0.393 e. The molecule has 0 aromatic carbocycles. The summed E-state index contributed by atoms with van der Waals surface area (Å²) in [7, 11) is 0. The molecule has 0 aromatic rings. The Kier molecular flexibility index (Phi) is 3.46. The van der Waals surface area contributed by atoms with E-state index < -0.39 is 6.10 Å². The Labute approximate surface area is 104 Å². The molecular weight excluding hydrogens is 212 g/mol. The van der Waals surface area contributed by atoms with Crippen LogP contribution in [0.15, 0.2) is 24.3 Å². The lowest BCUT2D eigenvalue weighted by Gasteiger charge is -2.50. The van der Waals surface area contributed by atoms with Gasteiger partial charge in [0.15, 0.2) is 0 Å². The average Bonchev–Trinajstić information content (AvgIpc) is 2.26. The smallest absolute Gasteiger partial charge is 0.0674 e. The summed E-state index contributed by atoms with van der Waals surface area (Å²) in [6, 6.07) is 0. The molecule has 96 valence electrons. The van der Waals surface area contributed by atoms with E-state index in [2.05, 4.69) is 20.1 Å². The third-order valence-electron chi connectivity index (χ3n) is 4.79. The van der Waals surface area contributed by atoms with Gasteiger partial charge in [-0.1, -0.05) is 31.2 Å². The normalized spacial score (nSPS) is 46.5. The summed E-state index contributed by atoms with van der Waals surface area (Å²) in [4.78, 5) is 0. The second-order valence-electron chi connectivity index (χ2n) is 6.02. The maximum Gasteiger partial charge on any atom is 0.0674 e. The number of aliphatic hydroxyl groups excluding tert-OH is 2. The summed E-state index contributed by atoms with van der Waals surface area (Å²) in [6.45, 7) is 12.3. The topological polar surface area (TPSA) is 40.5 Å². The first-order valence-electron chi connectivity index (χ1n) is 6.62. The van der Waals surface area contributed by atoms with Crippen LogP contribution in [0.4, 0.5) is 0 Å². The van der Waals surface area contributed by atoms with Crippen molar-refractivity contribution in [2.24, 2.45) is 23.7 Å². The predicted octanol–water partition coefficient (Wildman–Crippen LogP) is 2.52. The van der Waals surface area contributed by atoms with Gasteiger partial charge in [0.1, 0.15) is 0 Å². The highest BCUT2D eigenvalue weighted by molar-refractivity contribution is 5.18. The first-order valence-corrected chi connectivity index (χ1v) is 6.62. The van der Waals surface area contributed by atoms with E-state index in [1.54, 1.807) is 0 Å². The van der Waals surface area contributed by atoms with Crippen LogP contribution in [0.1, 0.15) is 33.1 Å². The van der Waals surface area contributed by atoms with E-state index in [1.165, 1.54) is 0 Å². The highest BCUT2D eigenvalue weighted by atomic mass is 16.3. The van der Waals surface area contributed by atoms with Crippen molar-refractivity contribution in [3.63, 3.8) is 0 Å². The van der Waals surface area contributed by atoms with Crippen LogP contribution in [-0.2, 0) is 0 Å². The van der Waals surface area contributed by atoms with Crippen LogP contribution in [0.25, 0.3) is 0 Å². The van der Waals surface area contributed by atoms with Gasteiger partial charge in [-0.15, -0.1) is 0 Å². The van der Waals surface area contributed by atoms with Gasteiger partial charge in [0.05, 0.1) is 12.2 Å². The molecule has 2 fully saturated rings. The van der Waals surface area contributed by atoms with Crippen LogP contribution in [0.2, 0.25) is 0 Å². The van der Waals surface area contributed by atoms with Crippen LogP contribution >= 0.6 is 0 Å². The van der Waals surface area contributed by atoms with E-state index in [9.17, 15) is 10.2 Å². The zero-order chi connectivity index (χ0) is 12.7. The summed E-state index contributed by atoms with van der Waals surface area (Å²) in [6.07, 6.45) is 1.89. The van der Waals surface area contributed by atoms with Gasteiger partial charge >= 0.3 is 0 Å². The Morgan fingerprint density at radius 3 is 2.59 bits per heavy atom. The Hall–Kier alpha value is -0.600. The molecule has 0 radical (unpaired) electrons. The lowest BCUT2D eigenvalue weighted by molar-refractivity contribution is -0.0743. The Morgan fingerprint density at radius 2 is 2.00 bits per heavy atom. The fourth-order valence-corrected chi connectivity index (χ4v) is 3.85. The molecule has 0 saturated heterocycles. The Morgan fingerprint density at radius 1 is 1.35 bits per heavy atom. The number of rotatable bonds is 1. The second-order valence-corrected chi connectivity index (χ2v) is 6.02. The number of aliphatic hydroxyl groups is 2. The van der Waals surface area contributed by atoms with Gasteiger partial charge in [-0.2, -0.15) is 0 Å². The first kappa shape index (κ1) is 12.8. The Bertz CT molecular complexity index is 334. The lowest BCUT2D eigenvalue weighted by atomic mass is 9.58. The molecule has 2 nitrogen and oxygen atoms in total. The summed E-state index contributed by atoms with van der Waals surface area (Å²) in [5, 5.41) is 20.7. The lowest BCUT2D eigenvalue weighted by Crippen LogP contribution is -2.50. The van der Waals surface area contributed by atoms with E-state index in [0.29, 0.717) is 5.92 Å². The molecule has 1 unspecified atom stereocenters. The highest BCUT2D eigenvalue weighted by Gasteiger charge is 2.48. The molecular formula is C15H24O2. The van der Waals surface area contributed by atoms with Crippen molar-refractivity contribution in [1.82, 2.24) is 0 Å². The van der Waals surface area contributed by atoms with E-state index in [0.717, 1.165) is 30.4 Å². The van der Waals surface area contributed by atoms with Crippen molar-refractivity contribution in [2.75, 3.05) is 0 Å². The van der Waals surface area contributed by atoms with Gasteiger partial charge in [0.25, 0.3) is 0 Å². The molecule has 2 N–H and O–H groups in total. The number of hydrogen-bond donors (Lipinski definition) is 2. The Balaban J connectivity index is 2.29. The fraction of sp³-hybridized carbons (Fsp3) is 0.733. The van der Waals surface area contributed by atoms with Crippen LogP contribution in [0.3, 0.4) is 0 Å². The van der Waals surface area contributed by atoms with Crippen LogP contribution in [0.5, 0.6) is 0 Å². The summed E-state index contributed by atoms with van der Waals surface area (Å²) >= 11 is 0. The fourth-order valence-electron chi connectivity index (χ4n) is 3.85. The van der Waals surface area contributed by atoms with Gasteiger partial charge in [0.2, 0.25) is 0 Å². The van der Waals surface area contributed by atoms with Gasteiger partial charge in [0, 0.05) is 11.8 Å². The molecule has 0 aromatic heterocycles. The first-order chi connectivity index (χ1) is 7.93. The van der Waals surface area contributed by atoms with Gasteiger partial charge in [-0.3, -0.25) is 0 Å². The van der Waals surface area contributed by atoms with Crippen molar-refractivity contribution in [3.05, 3.63) is 24.3 Å². The van der Waals surface area contributed by atoms with E-state index in [4.69, 9.17) is 0 Å². The third-order valence-corrected chi connectivity index (χ3v) is 4.79. The predicted molar refractivity (Wildman–Crippen MR) is 69.5 cm³/mol. The minimum atomic E-state index is -0.406. The third kappa shape index (κ3) is 2.09. The molecule has 17 heavy (non-hydrogen) atoms. The minimum absolute atomic E-state index is 0.0594. The molecule has 2 rings (SSSR count). The van der Waals surface area contributed by atoms with Gasteiger partial charge in [-0.05, 0) is 38.0 Å². The quantitative estimate of drug-likeness (QED) is 0.687. The maximum absolute atomic E-state index is 10.5. The highest BCUT2D eigenvalue weighted by Crippen LogP contribution is 2.49. The molecule has 0 amide bonds. The van der Waals surface area contributed by atoms with Gasteiger partial charge < -0.3 is 10.2 Å². The molecule has 2 aliphatic carbocycles. The number of fused-ring (bicyclic) bond motifs is 1. The van der Waals surface area contributed by atoms with Crippen molar-refractivity contribution < 1.29 is 10.2 Å². The van der Waals surface area contributed by atoms with Crippen molar-refractivity contribution in [2.45, 2.75) is 45.3 Å². The molecule has 2 heteroatoms. The van der Waals surface area contributed by atoms with Crippen molar-refractivity contribution >= 4 is 0 Å². The van der Waals surface area contributed by atoms with Gasteiger partial charge in [-0.25, -0.2) is 0 Å². The zero-order valence-electron chi connectivity index (χ0n) is 10.9. The molecule has 0 heterocycles. The summed E-state index contributed by atoms with van der Waals surface area (Å²) < 4.78 is 0. The van der Waals surface area contributed by atoms with E-state index >= 15 is 0 Å². The van der Waals surface area contributed by atoms with Crippen molar-refractivity contribution in [1.29, 1.82) is 0 Å². The second kappa shape index (κ2) is 4.58. The minimum Gasteiger partial charge on any atom is -0.393 e. The molecule has 6 atom stereocenters. The average molecular weight is 236 g/mol. The SMILES string of the molecule is C=C(C)[C@@H]1C[C@H](C)C2[C@H](O)CCC(=C)[C@@H]2[C@H]1O. The van der Waals surface area contributed by atoms with E-state index in [1.807, 2.05) is 6.92 Å². The van der Waals surface area contributed by atoms with Crippen LogP contribution in [0, 0.1) is 23.7 Å². The molecule has 0 aliphatic heterocycles. The summed E-state index contributed by atoms with van der Waals surface area (Å²) in [5.74, 6) is 0.830. The monoisotopic (exact) mass is 236 g/mol. The molecule has 2 aliphatic rings. The molecule has 0 bridgehead atoms. The number of hydrogen-bond acceptors (Lipinski definition) is 2. The molecule has 0 spiro atoms. The van der Waals surface area contributed by atoms with Crippen molar-refractivity contribution in [3.8, 4) is 0 Å². The van der Waals surface area contributed by atoms with Crippen LogP contribution in [-0.4, -0.2) is 22.4 Å². The standard InChI is InChI=1S/C15H24O2/c1-8(2)11-7-10(4)13-12(16)6-5-9(3)14(13)15(11)17/h10-17H,1,3,5-7H2,2,4H3/t10-,11-,12+,13?,14-,15-/m0/s1. The van der Waals surface area contributed by atoms with Crippen LogP contribution < -0.4 is 0 Å². The zero-order valence-corrected chi connectivity index (χ0v) is 10.9. The van der Waals surface area contributed by atoms with E-state index in [-0.39, 0.29) is 23.9 Å².